The number of hydrogen-bond acceptors (Lipinski definition) is 2. The maximum Gasteiger partial charge on any atom is 0.0371 e. The van der Waals surface area contributed by atoms with E-state index in [1.54, 1.807) is 0 Å². The highest BCUT2D eigenvalue weighted by Crippen LogP contribution is 2.34. The second-order valence-corrected chi connectivity index (χ2v) is 6.84. The number of halogens is 1. The molecule has 1 aromatic rings. The summed E-state index contributed by atoms with van der Waals surface area (Å²) in [5.74, 6) is 1.92. The van der Waals surface area contributed by atoms with E-state index in [1.165, 1.54) is 44.3 Å². The quantitative estimate of drug-likeness (QED) is 0.813. The molecule has 0 radical (unpaired) electrons. The minimum Gasteiger partial charge on any atom is -0.398 e. The Morgan fingerprint density at radius 1 is 1.11 bits per heavy atom. The molecule has 1 aromatic carbocycles. The standard InChI is InChI=1S/C15H21BrN2/c16-14-6-5-13(15(17)7-14)10-18(8-11-1-2-11)9-12-3-4-12/h5-7,11-12H,1-4,8-10,17H2. The first kappa shape index (κ1) is 12.5. The molecule has 2 aliphatic rings. The van der Waals surface area contributed by atoms with E-state index in [0.717, 1.165) is 28.5 Å². The molecule has 0 amide bonds. The Labute approximate surface area is 118 Å². The zero-order chi connectivity index (χ0) is 12.5. The predicted octanol–water partition coefficient (Wildman–Crippen LogP) is 3.65. The van der Waals surface area contributed by atoms with Gasteiger partial charge in [-0.05, 0) is 55.2 Å². The van der Waals surface area contributed by atoms with Gasteiger partial charge in [-0.2, -0.15) is 0 Å². The van der Waals surface area contributed by atoms with Gasteiger partial charge in [-0.3, -0.25) is 4.90 Å². The Hall–Kier alpha value is -0.540. The fourth-order valence-electron chi connectivity index (χ4n) is 2.49. The van der Waals surface area contributed by atoms with Gasteiger partial charge in [0.25, 0.3) is 0 Å². The Morgan fingerprint density at radius 3 is 2.22 bits per heavy atom. The summed E-state index contributed by atoms with van der Waals surface area (Å²) >= 11 is 3.47. The summed E-state index contributed by atoms with van der Waals surface area (Å²) in [7, 11) is 0. The molecule has 2 fully saturated rings. The summed E-state index contributed by atoms with van der Waals surface area (Å²) in [6.45, 7) is 3.56. The van der Waals surface area contributed by atoms with E-state index in [-0.39, 0.29) is 0 Å². The smallest absolute Gasteiger partial charge is 0.0371 e. The number of hydrogen-bond donors (Lipinski definition) is 1. The Morgan fingerprint density at radius 2 is 1.72 bits per heavy atom. The van der Waals surface area contributed by atoms with E-state index < -0.39 is 0 Å². The normalized spacial score (nSPS) is 19.4. The average Bonchev–Trinajstić information content (AvgIpc) is 3.18. The van der Waals surface area contributed by atoms with Gasteiger partial charge in [-0.15, -0.1) is 0 Å². The van der Waals surface area contributed by atoms with Crippen LogP contribution in [0.4, 0.5) is 5.69 Å². The average molecular weight is 309 g/mol. The van der Waals surface area contributed by atoms with Crippen LogP contribution in [-0.4, -0.2) is 18.0 Å². The van der Waals surface area contributed by atoms with Crippen molar-refractivity contribution in [1.29, 1.82) is 0 Å². The lowest BCUT2D eigenvalue weighted by Gasteiger charge is -2.23. The molecule has 18 heavy (non-hydrogen) atoms. The van der Waals surface area contributed by atoms with Crippen LogP contribution in [0.2, 0.25) is 0 Å². The zero-order valence-corrected chi connectivity index (χ0v) is 12.3. The molecule has 0 aliphatic heterocycles. The molecule has 2 aliphatic carbocycles. The van der Waals surface area contributed by atoms with Crippen molar-refractivity contribution < 1.29 is 0 Å². The fourth-order valence-corrected chi connectivity index (χ4v) is 2.86. The van der Waals surface area contributed by atoms with Crippen molar-refractivity contribution in [2.45, 2.75) is 32.2 Å². The first-order valence-corrected chi connectivity index (χ1v) is 7.76. The van der Waals surface area contributed by atoms with Crippen LogP contribution >= 0.6 is 15.9 Å². The summed E-state index contributed by atoms with van der Waals surface area (Å²) in [5, 5.41) is 0. The highest BCUT2D eigenvalue weighted by molar-refractivity contribution is 9.10. The number of benzene rings is 1. The molecule has 2 saturated carbocycles. The van der Waals surface area contributed by atoms with Crippen LogP contribution < -0.4 is 5.73 Å². The van der Waals surface area contributed by atoms with Crippen molar-refractivity contribution in [2.24, 2.45) is 11.8 Å². The van der Waals surface area contributed by atoms with E-state index in [2.05, 4.69) is 33.0 Å². The van der Waals surface area contributed by atoms with E-state index >= 15 is 0 Å². The van der Waals surface area contributed by atoms with Crippen molar-refractivity contribution in [3.8, 4) is 0 Å². The Balaban J connectivity index is 1.65. The van der Waals surface area contributed by atoms with Gasteiger partial charge in [0.1, 0.15) is 0 Å². The van der Waals surface area contributed by atoms with Gasteiger partial charge >= 0.3 is 0 Å². The number of anilines is 1. The van der Waals surface area contributed by atoms with Gasteiger partial charge in [-0.1, -0.05) is 22.0 Å². The fraction of sp³-hybridized carbons (Fsp3) is 0.600. The van der Waals surface area contributed by atoms with E-state index in [0.29, 0.717) is 0 Å². The summed E-state index contributed by atoms with van der Waals surface area (Å²) in [4.78, 5) is 2.62. The molecule has 0 bridgehead atoms. The van der Waals surface area contributed by atoms with E-state index in [4.69, 9.17) is 5.73 Å². The first-order valence-electron chi connectivity index (χ1n) is 6.97. The molecule has 98 valence electrons. The molecule has 0 spiro atoms. The van der Waals surface area contributed by atoms with Crippen LogP contribution in [0.25, 0.3) is 0 Å². The Bertz CT molecular complexity index is 411. The van der Waals surface area contributed by atoms with Gasteiger partial charge in [0.2, 0.25) is 0 Å². The van der Waals surface area contributed by atoms with E-state index in [9.17, 15) is 0 Å². The van der Waals surface area contributed by atoms with Crippen LogP contribution in [0.1, 0.15) is 31.2 Å². The van der Waals surface area contributed by atoms with Gasteiger partial charge in [0.05, 0.1) is 0 Å². The van der Waals surface area contributed by atoms with Gasteiger partial charge in [0.15, 0.2) is 0 Å². The van der Waals surface area contributed by atoms with Gasteiger partial charge < -0.3 is 5.73 Å². The molecule has 0 unspecified atom stereocenters. The molecule has 3 heteroatoms. The maximum atomic E-state index is 6.11. The van der Waals surface area contributed by atoms with Crippen LogP contribution in [0, 0.1) is 11.8 Å². The van der Waals surface area contributed by atoms with Crippen molar-refractivity contribution in [3.63, 3.8) is 0 Å². The monoisotopic (exact) mass is 308 g/mol. The number of nitrogen functional groups attached to an aromatic ring is 1. The van der Waals surface area contributed by atoms with Crippen LogP contribution in [0.15, 0.2) is 22.7 Å². The third kappa shape index (κ3) is 3.48. The summed E-state index contributed by atoms with van der Waals surface area (Å²) in [6, 6.07) is 6.27. The highest BCUT2D eigenvalue weighted by Gasteiger charge is 2.29. The third-order valence-electron chi connectivity index (χ3n) is 3.93. The lowest BCUT2D eigenvalue weighted by Crippen LogP contribution is -2.28. The summed E-state index contributed by atoms with van der Waals surface area (Å²) < 4.78 is 1.07. The highest BCUT2D eigenvalue weighted by atomic mass is 79.9. The topological polar surface area (TPSA) is 29.3 Å². The first-order chi connectivity index (χ1) is 8.70. The summed E-state index contributed by atoms with van der Waals surface area (Å²) in [5.41, 5.74) is 8.30. The number of nitrogens with zero attached hydrogens (tertiary/aromatic N) is 1. The lowest BCUT2D eigenvalue weighted by atomic mass is 10.1. The minimum absolute atomic E-state index is 0.918. The van der Waals surface area contributed by atoms with Crippen LogP contribution in [-0.2, 0) is 6.54 Å². The molecule has 2 nitrogen and oxygen atoms in total. The van der Waals surface area contributed by atoms with Gasteiger partial charge in [0, 0.05) is 29.8 Å². The molecule has 0 saturated heterocycles. The third-order valence-corrected chi connectivity index (χ3v) is 4.42. The van der Waals surface area contributed by atoms with Crippen molar-refractivity contribution >= 4 is 21.6 Å². The molecule has 0 heterocycles. The maximum absolute atomic E-state index is 6.11. The molecule has 2 N–H and O–H groups in total. The van der Waals surface area contributed by atoms with Crippen molar-refractivity contribution in [1.82, 2.24) is 4.90 Å². The molecule has 0 aromatic heterocycles. The van der Waals surface area contributed by atoms with Gasteiger partial charge in [-0.25, -0.2) is 0 Å². The summed E-state index contributed by atoms with van der Waals surface area (Å²) in [6.07, 6.45) is 5.71. The molecular weight excluding hydrogens is 288 g/mol. The predicted molar refractivity (Wildman–Crippen MR) is 79.3 cm³/mol. The van der Waals surface area contributed by atoms with Crippen molar-refractivity contribution in [3.05, 3.63) is 28.2 Å². The zero-order valence-electron chi connectivity index (χ0n) is 10.7. The molecular formula is C15H21BrN2. The second-order valence-electron chi connectivity index (χ2n) is 5.92. The van der Waals surface area contributed by atoms with Crippen LogP contribution in [0.3, 0.4) is 0 Å². The Kier molecular flexibility index (Phi) is 3.62. The minimum atomic E-state index is 0.918. The number of nitrogens with two attached hydrogens (primary N) is 1. The lowest BCUT2D eigenvalue weighted by molar-refractivity contribution is 0.244. The van der Waals surface area contributed by atoms with E-state index in [1.807, 2.05) is 6.07 Å². The largest absolute Gasteiger partial charge is 0.398 e. The SMILES string of the molecule is Nc1cc(Br)ccc1CN(CC1CC1)CC1CC1. The number of rotatable bonds is 6. The second kappa shape index (κ2) is 5.22. The molecule has 0 atom stereocenters. The molecule has 3 rings (SSSR count). The van der Waals surface area contributed by atoms with Crippen molar-refractivity contribution in [2.75, 3.05) is 18.8 Å². The van der Waals surface area contributed by atoms with Crippen LogP contribution in [0.5, 0.6) is 0 Å².